The van der Waals surface area contributed by atoms with Crippen molar-refractivity contribution in [3.05, 3.63) is 39.9 Å². The van der Waals surface area contributed by atoms with Gasteiger partial charge in [-0.15, -0.1) is 0 Å². The maximum Gasteiger partial charge on any atom is 0.274 e. The first-order chi connectivity index (χ1) is 9.09. The van der Waals surface area contributed by atoms with Crippen LogP contribution in [0.4, 0.5) is 5.69 Å². The number of nitrogens with zero attached hydrogens (tertiary/aromatic N) is 1. The van der Waals surface area contributed by atoms with Crippen molar-refractivity contribution in [2.24, 2.45) is 5.92 Å². The molecule has 1 aromatic rings. The van der Waals surface area contributed by atoms with E-state index in [9.17, 15) is 15.2 Å². The van der Waals surface area contributed by atoms with Gasteiger partial charge in [-0.25, -0.2) is 0 Å². The van der Waals surface area contributed by atoms with Crippen molar-refractivity contribution in [1.82, 2.24) is 5.32 Å². The van der Waals surface area contributed by atoms with Gasteiger partial charge in [0.15, 0.2) is 0 Å². The topological polar surface area (TPSA) is 75.4 Å². The first-order valence-corrected chi connectivity index (χ1v) is 6.74. The molecule has 0 aliphatic heterocycles. The Bertz CT molecular complexity index is 450. The molecule has 1 aliphatic rings. The Morgan fingerprint density at radius 3 is 2.84 bits per heavy atom. The Morgan fingerprint density at radius 1 is 1.47 bits per heavy atom. The van der Waals surface area contributed by atoms with Crippen LogP contribution in [-0.2, 0) is 0 Å². The molecule has 0 amide bonds. The lowest BCUT2D eigenvalue weighted by molar-refractivity contribution is -0.385. The van der Waals surface area contributed by atoms with Gasteiger partial charge >= 0.3 is 0 Å². The quantitative estimate of drug-likeness (QED) is 0.632. The number of rotatable bonds is 5. The van der Waals surface area contributed by atoms with Crippen LogP contribution in [0.1, 0.15) is 37.8 Å². The number of para-hydroxylation sites is 1. The highest BCUT2D eigenvalue weighted by atomic mass is 16.6. The van der Waals surface area contributed by atoms with Gasteiger partial charge in [0.25, 0.3) is 5.69 Å². The summed E-state index contributed by atoms with van der Waals surface area (Å²) in [7, 11) is 0. The molecule has 1 aromatic carbocycles. The maximum absolute atomic E-state index is 11.0. The summed E-state index contributed by atoms with van der Waals surface area (Å²) in [6.07, 6.45) is 2.72. The standard InChI is InChI=1S/C14H20N2O3/c1-10(15-9-11-5-4-8-14(11)17)12-6-2-3-7-13(12)16(18)19/h2-3,6-7,10-11,14-15,17H,4-5,8-9H2,1H3. The van der Waals surface area contributed by atoms with E-state index in [0.717, 1.165) is 19.3 Å². The van der Waals surface area contributed by atoms with E-state index in [2.05, 4.69) is 5.32 Å². The summed E-state index contributed by atoms with van der Waals surface area (Å²) in [5.74, 6) is 0.269. The zero-order valence-corrected chi connectivity index (χ0v) is 11.1. The van der Waals surface area contributed by atoms with Crippen molar-refractivity contribution in [2.45, 2.75) is 38.3 Å². The summed E-state index contributed by atoms with van der Waals surface area (Å²) >= 11 is 0. The van der Waals surface area contributed by atoms with Crippen LogP contribution in [0.25, 0.3) is 0 Å². The minimum absolute atomic E-state index is 0.0885. The number of aliphatic hydroxyl groups excluding tert-OH is 1. The van der Waals surface area contributed by atoms with E-state index in [1.54, 1.807) is 12.1 Å². The highest BCUT2D eigenvalue weighted by Crippen LogP contribution is 2.27. The molecule has 0 spiro atoms. The minimum Gasteiger partial charge on any atom is -0.393 e. The molecule has 0 aromatic heterocycles. The SMILES string of the molecule is CC(NCC1CCCC1O)c1ccccc1[N+](=O)[O-]. The maximum atomic E-state index is 11.0. The Hall–Kier alpha value is -1.46. The molecule has 0 radical (unpaired) electrons. The molecule has 19 heavy (non-hydrogen) atoms. The minimum atomic E-state index is -0.349. The number of nitro groups is 1. The van der Waals surface area contributed by atoms with Gasteiger partial charge in [0, 0.05) is 24.2 Å². The van der Waals surface area contributed by atoms with E-state index in [1.807, 2.05) is 13.0 Å². The zero-order valence-electron chi connectivity index (χ0n) is 11.1. The molecule has 1 fully saturated rings. The van der Waals surface area contributed by atoms with E-state index < -0.39 is 0 Å². The Kier molecular flexibility index (Phi) is 4.50. The molecule has 5 heteroatoms. The normalized spacial score (nSPS) is 24.3. The second kappa shape index (κ2) is 6.12. The molecule has 2 rings (SSSR count). The van der Waals surface area contributed by atoms with E-state index >= 15 is 0 Å². The summed E-state index contributed by atoms with van der Waals surface area (Å²) < 4.78 is 0. The average molecular weight is 264 g/mol. The van der Waals surface area contributed by atoms with Crippen molar-refractivity contribution < 1.29 is 10.0 Å². The molecule has 0 saturated heterocycles. The zero-order chi connectivity index (χ0) is 13.8. The highest BCUT2D eigenvalue weighted by Gasteiger charge is 2.26. The summed E-state index contributed by atoms with van der Waals surface area (Å²) in [5.41, 5.74) is 0.842. The molecular formula is C14H20N2O3. The third-order valence-electron chi connectivity index (χ3n) is 3.91. The molecule has 0 heterocycles. The molecule has 1 saturated carbocycles. The molecule has 104 valence electrons. The van der Waals surface area contributed by atoms with Crippen LogP contribution in [0.15, 0.2) is 24.3 Å². The summed E-state index contributed by atoms with van der Waals surface area (Å²) in [4.78, 5) is 10.6. The highest BCUT2D eigenvalue weighted by molar-refractivity contribution is 5.41. The Labute approximate surface area is 112 Å². The molecule has 3 atom stereocenters. The van der Waals surface area contributed by atoms with Crippen molar-refractivity contribution in [2.75, 3.05) is 6.54 Å². The van der Waals surface area contributed by atoms with E-state index in [1.165, 1.54) is 6.07 Å². The number of hydrogen-bond acceptors (Lipinski definition) is 4. The molecule has 1 aliphatic carbocycles. The molecule has 3 unspecified atom stereocenters. The van der Waals surface area contributed by atoms with Gasteiger partial charge in [0.1, 0.15) is 0 Å². The lowest BCUT2D eigenvalue weighted by Gasteiger charge is -2.19. The number of nitro benzene ring substituents is 1. The van der Waals surface area contributed by atoms with Crippen LogP contribution in [-0.4, -0.2) is 22.7 Å². The Balaban J connectivity index is 1.99. The van der Waals surface area contributed by atoms with Crippen LogP contribution >= 0.6 is 0 Å². The van der Waals surface area contributed by atoms with Crippen molar-refractivity contribution in [3.8, 4) is 0 Å². The van der Waals surface area contributed by atoms with Crippen LogP contribution in [0.5, 0.6) is 0 Å². The number of aliphatic hydroxyl groups is 1. The van der Waals surface area contributed by atoms with Gasteiger partial charge in [-0.3, -0.25) is 10.1 Å². The van der Waals surface area contributed by atoms with Crippen LogP contribution in [0.3, 0.4) is 0 Å². The fourth-order valence-corrected chi connectivity index (χ4v) is 2.71. The molecule has 0 bridgehead atoms. The molecule has 5 nitrogen and oxygen atoms in total. The predicted molar refractivity (Wildman–Crippen MR) is 72.9 cm³/mol. The lowest BCUT2D eigenvalue weighted by atomic mass is 10.0. The summed E-state index contributed by atoms with van der Waals surface area (Å²) in [6.45, 7) is 2.62. The monoisotopic (exact) mass is 264 g/mol. The fourth-order valence-electron chi connectivity index (χ4n) is 2.71. The summed E-state index contributed by atoms with van der Waals surface area (Å²) in [6, 6.07) is 6.70. The largest absolute Gasteiger partial charge is 0.393 e. The molecule has 2 N–H and O–H groups in total. The second-order valence-electron chi connectivity index (χ2n) is 5.20. The van der Waals surface area contributed by atoms with E-state index in [-0.39, 0.29) is 28.7 Å². The van der Waals surface area contributed by atoms with Crippen molar-refractivity contribution in [1.29, 1.82) is 0 Å². The van der Waals surface area contributed by atoms with Crippen LogP contribution in [0.2, 0.25) is 0 Å². The fraction of sp³-hybridized carbons (Fsp3) is 0.571. The predicted octanol–water partition coefficient (Wildman–Crippen LogP) is 2.41. The van der Waals surface area contributed by atoms with Gasteiger partial charge in [-0.2, -0.15) is 0 Å². The number of nitrogens with one attached hydrogen (secondary N) is 1. The van der Waals surface area contributed by atoms with Crippen molar-refractivity contribution >= 4 is 5.69 Å². The average Bonchev–Trinajstić information content (AvgIpc) is 2.81. The van der Waals surface area contributed by atoms with E-state index in [0.29, 0.717) is 12.1 Å². The van der Waals surface area contributed by atoms with Crippen molar-refractivity contribution in [3.63, 3.8) is 0 Å². The van der Waals surface area contributed by atoms with Gasteiger partial charge in [0.2, 0.25) is 0 Å². The van der Waals surface area contributed by atoms with Gasteiger partial charge in [-0.1, -0.05) is 24.6 Å². The first-order valence-electron chi connectivity index (χ1n) is 6.74. The second-order valence-corrected chi connectivity index (χ2v) is 5.20. The van der Waals surface area contributed by atoms with Crippen LogP contribution < -0.4 is 5.32 Å². The Morgan fingerprint density at radius 2 is 2.21 bits per heavy atom. The smallest absolute Gasteiger partial charge is 0.274 e. The van der Waals surface area contributed by atoms with Gasteiger partial charge in [0.05, 0.1) is 11.0 Å². The van der Waals surface area contributed by atoms with Crippen LogP contribution in [0, 0.1) is 16.0 Å². The van der Waals surface area contributed by atoms with Gasteiger partial charge in [-0.05, 0) is 25.7 Å². The third kappa shape index (κ3) is 3.30. The molecular weight excluding hydrogens is 244 g/mol. The number of hydrogen-bond donors (Lipinski definition) is 2. The lowest BCUT2D eigenvalue weighted by Crippen LogP contribution is -2.30. The third-order valence-corrected chi connectivity index (χ3v) is 3.91. The summed E-state index contributed by atoms with van der Waals surface area (Å²) in [5, 5.41) is 24.0. The van der Waals surface area contributed by atoms with E-state index in [4.69, 9.17) is 0 Å². The first kappa shape index (κ1) is 14.0. The number of benzene rings is 1. The van der Waals surface area contributed by atoms with Gasteiger partial charge < -0.3 is 10.4 Å².